The van der Waals surface area contributed by atoms with Crippen molar-refractivity contribution in [3.05, 3.63) is 0 Å². The highest BCUT2D eigenvalue weighted by atomic mass is 16.4. The monoisotopic (exact) mass is 285 g/mol. The van der Waals surface area contributed by atoms with Gasteiger partial charge in [-0.3, -0.25) is 4.79 Å². The first kappa shape index (κ1) is 16.8. The van der Waals surface area contributed by atoms with Crippen LogP contribution in [0.1, 0.15) is 32.1 Å². The average molecular weight is 285 g/mol. The minimum atomic E-state index is -0.777. The number of carbonyl (C=O) groups excluding carboxylic acids is 1. The molecule has 0 aromatic carbocycles. The molecule has 0 aromatic rings. The highest BCUT2D eigenvalue weighted by Gasteiger charge is 2.24. The number of nitrogens with zero attached hydrogens (tertiary/aromatic N) is 2. The van der Waals surface area contributed by atoms with E-state index in [1.807, 2.05) is 14.1 Å². The lowest BCUT2D eigenvalue weighted by molar-refractivity contribution is -0.138. The van der Waals surface area contributed by atoms with E-state index >= 15 is 0 Å². The Hall–Kier alpha value is -1.30. The summed E-state index contributed by atoms with van der Waals surface area (Å²) in [5, 5.41) is 11.7. The number of carboxylic acids is 1. The van der Waals surface area contributed by atoms with Gasteiger partial charge in [-0.15, -0.1) is 0 Å². The van der Waals surface area contributed by atoms with Gasteiger partial charge in [-0.2, -0.15) is 0 Å². The number of nitrogens with one attached hydrogen (secondary N) is 1. The predicted octanol–water partition coefficient (Wildman–Crippen LogP) is 1.22. The van der Waals surface area contributed by atoms with Gasteiger partial charge in [0.15, 0.2) is 0 Å². The maximum absolute atomic E-state index is 12.0. The van der Waals surface area contributed by atoms with E-state index < -0.39 is 5.97 Å². The minimum absolute atomic E-state index is 0.0510. The van der Waals surface area contributed by atoms with E-state index in [0.29, 0.717) is 13.1 Å². The third-order valence-electron chi connectivity index (χ3n) is 3.58. The quantitative estimate of drug-likeness (QED) is 0.690. The van der Waals surface area contributed by atoms with Crippen molar-refractivity contribution in [1.29, 1.82) is 0 Å². The van der Waals surface area contributed by atoms with Crippen LogP contribution < -0.4 is 5.32 Å². The SMILES string of the molecule is CN(C)CCCCNC(=O)N1CCCC(CC(=O)O)C1. The van der Waals surface area contributed by atoms with Crippen molar-refractivity contribution < 1.29 is 14.7 Å². The molecule has 1 unspecified atom stereocenters. The maximum atomic E-state index is 12.0. The Bertz CT molecular complexity index is 321. The summed E-state index contributed by atoms with van der Waals surface area (Å²) in [6.07, 6.45) is 3.99. The van der Waals surface area contributed by atoms with E-state index in [2.05, 4.69) is 10.2 Å². The third-order valence-corrected chi connectivity index (χ3v) is 3.58. The summed E-state index contributed by atoms with van der Waals surface area (Å²) in [4.78, 5) is 26.6. The van der Waals surface area contributed by atoms with Gasteiger partial charge in [0, 0.05) is 26.1 Å². The lowest BCUT2D eigenvalue weighted by Gasteiger charge is -2.32. The zero-order valence-corrected chi connectivity index (χ0v) is 12.6. The molecule has 0 saturated carbocycles. The summed E-state index contributed by atoms with van der Waals surface area (Å²) >= 11 is 0. The molecule has 1 fully saturated rings. The number of hydrogen-bond acceptors (Lipinski definition) is 3. The van der Waals surface area contributed by atoms with E-state index in [4.69, 9.17) is 5.11 Å². The van der Waals surface area contributed by atoms with Gasteiger partial charge in [-0.1, -0.05) is 0 Å². The number of rotatable bonds is 7. The Morgan fingerprint density at radius 1 is 1.35 bits per heavy atom. The molecule has 1 saturated heterocycles. The Morgan fingerprint density at radius 3 is 2.75 bits per heavy atom. The first-order chi connectivity index (χ1) is 9.49. The zero-order chi connectivity index (χ0) is 15.0. The molecule has 0 radical (unpaired) electrons. The normalized spacial score (nSPS) is 19.1. The van der Waals surface area contributed by atoms with E-state index in [9.17, 15) is 9.59 Å². The Labute approximate surface area is 121 Å². The highest BCUT2D eigenvalue weighted by molar-refractivity contribution is 5.74. The fraction of sp³-hybridized carbons (Fsp3) is 0.857. The molecule has 0 aromatic heterocycles. The van der Waals surface area contributed by atoms with Crippen LogP contribution in [-0.4, -0.2) is 67.2 Å². The molecule has 1 aliphatic heterocycles. The van der Waals surface area contributed by atoms with Crippen LogP contribution in [0.5, 0.6) is 0 Å². The topological polar surface area (TPSA) is 72.9 Å². The van der Waals surface area contributed by atoms with Crippen LogP contribution in [0, 0.1) is 5.92 Å². The van der Waals surface area contributed by atoms with Crippen molar-refractivity contribution >= 4 is 12.0 Å². The van der Waals surface area contributed by atoms with Crippen LogP contribution in [0.4, 0.5) is 4.79 Å². The number of likely N-dealkylation sites (tertiary alicyclic amines) is 1. The van der Waals surface area contributed by atoms with Gasteiger partial charge in [0.1, 0.15) is 0 Å². The van der Waals surface area contributed by atoms with Crippen molar-refractivity contribution in [3.8, 4) is 0 Å². The van der Waals surface area contributed by atoms with Crippen LogP contribution in [0.15, 0.2) is 0 Å². The van der Waals surface area contributed by atoms with Crippen LogP contribution >= 0.6 is 0 Å². The number of unbranched alkanes of at least 4 members (excludes halogenated alkanes) is 1. The van der Waals surface area contributed by atoms with Gasteiger partial charge in [-0.25, -0.2) is 4.79 Å². The summed E-state index contributed by atoms with van der Waals surface area (Å²) in [6.45, 7) is 3.02. The zero-order valence-electron chi connectivity index (χ0n) is 12.6. The van der Waals surface area contributed by atoms with Crippen LogP contribution in [-0.2, 0) is 4.79 Å². The molecular weight excluding hydrogens is 258 g/mol. The average Bonchev–Trinajstić information content (AvgIpc) is 2.37. The first-order valence-electron chi connectivity index (χ1n) is 7.38. The fourth-order valence-electron chi connectivity index (χ4n) is 2.52. The summed E-state index contributed by atoms with van der Waals surface area (Å²) in [5.74, 6) is -0.679. The number of urea groups is 1. The summed E-state index contributed by atoms with van der Waals surface area (Å²) < 4.78 is 0. The van der Waals surface area contributed by atoms with Gasteiger partial charge >= 0.3 is 12.0 Å². The van der Waals surface area contributed by atoms with Gasteiger partial charge in [0.2, 0.25) is 0 Å². The number of aliphatic carboxylic acids is 1. The van der Waals surface area contributed by atoms with Gasteiger partial charge in [0.05, 0.1) is 0 Å². The minimum Gasteiger partial charge on any atom is -0.481 e. The molecule has 1 heterocycles. The number of carboxylic acid groups (broad SMARTS) is 1. The molecule has 6 heteroatoms. The van der Waals surface area contributed by atoms with Crippen molar-refractivity contribution in [2.45, 2.75) is 32.1 Å². The second-order valence-electron chi connectivity index (χ2n) is 5.79. The number of carbonyl (C=O) groups is 2. The van der Waals surface area contributed by atoms with Crippen molar-refractivity contribution in [1.82, 2.24) is 15.1 Å². The second kappa shape index (κ2) is 8.79. The summed E-state index contributed by atoms with van der Waals surface area (Å²) in [6, 6.07) is -0.0510. The standard InChI is InChI=1S/C14H27N3O3/c1-16(2)8-4-3-7-15-14(20)17-9-5-6-12(11-17)10-13(18)19/h12H,3-11H2,1-2H3,(H,15,20)(H,18,19). The number of piperidine rings is 1. The van der Waals surface area contributed by atoms with Gasteiger partial charge < -0.3 is 20.2 Å². The molecule has 0 aliphatic carbocycles. The number of amides is 2. The lowest BCUT2D eigenvalue weighted by Crippen LogP contribution is -2.46. The third kappa shape index (κ3) is 6.75. The molecule has 2 N–H and O–H groups in total. The van der Waals surface area contributed by atoms with Crippen molar-refractivity contribution in [2.75, 3.05) is 40.3 Å². The largest absolute Gasteiger partial charge is 0.481 e. The summed E-state index contributed by atoms with van der Waals surface area (Å²) in [5.41, 5.74) is 0. The molecular formula is C14H27N3O3. The van der Waals surface area contributed by atoms with Crippen LogP contribution in [0.2, 0.25) is 0 Å². The first-order valence-corrected chi connectivity index (χ1v) is 7.38. The Kier molecular flexibility index (Phi) is 7.36. The summed E-state index contributed by atoms with van der Waals surface area (Å²) in [7, 11) is 4.07. The Morgan fingerprint density at radius 2 is 2.10 bits per heavy atom. The molecule has 1 atom stereocenters. The van der Waals surface area contributed by atoms with Crippen LogP contribution in [0.25, 0.3) is 0 Å². The second-order valence-corrected chi connectivity index (χ2v) is 5.79. The van der Waals surface area contributed by atoms with Crippen molar-refractivity contribution in [2.24, 2.45) is 5.92 Å². The van der Waals surface area contributed by atoms with Crippen LogP contribution in [0.3, 0.4) is 0 Å². The smallest absolute Gasteiger partial charge is 0.317 e. The molecule has 116 valence electrons. The van der Waals surface area contributed by atoms with Crippen molar-refractivity contribution in [3.63, 3.8) is 0 Å². The molecule has 0 bridgehead atoms. The van der Waals surface area contributed by atoms with E-state index in [1.165, 1.54) is 0 Å². The fourth-order valence-corrected chi connectivity index (χ4v) is 2.52. The number of hydrogen-bond donors (Lipinski definition) is 2. The molecule has 1 rings (SSSR count). The molecule has 20 heavy (non-hydrogen) atoms. The van der Waals surface area contributed by atoms with E-state index in [0.717, 1.165) is 38.8 Å². The lowest BCUT2D eigenvalue weighted by atomic mass is 9.95. The molecule has 0 spiro atoms. The predicted molar refractivity (Wildman–Crippen MR) is 77.7 cm³/mol. The molecule has 6 nitrogen and oxygen atoms in total. The van der Waals surface area contributed by atoms with Gasteiger partial charge in [0.25, 0.3) is 0 Å². The van der Waals surface area contributed by atoms with Gasteiger partial charge in [-0.05, 0) is 52.2 Å². The molecule has 2 amide bonds. The van der Waals surface area contributed by atoms with E-state index in [-0.39, 0.29) is 18.4 Å². The molecule has 1 aliphatic rings. The van der Waals surface area contributed by atoms with E-state index in [1.54, 1.807) is 4.90 Å². The highest BCUT2D eigenvalue weighted by Crippen LogP contribution is 2.19. The maximum Gasteiger partial charge on any atom is 0.317 e. The Balaban J connectivity index is 2.20.